The molecule has 1 aliphatic rings. The van der Waals surface area contributed by atoms with E-state index in [2.05, 4.69) is 28.7 Å². The van der Waals surface area contributed by atoms with Crippen molar-refractivity contribution in [1.29, 1.82) is 0 Å². The van der Waals surface area contributed by atoms with Crippen LogP contribution >= 0.6 is 0 Å². The van der Waals surface area contributed by atoms with Crippen molar-refractivity contribution in [1.82, 2.24) is 9.97 Å². The standard InChI is InChI=1S/C19H25FN4O/c1-14(2)7-8-15-13-18(25)22-19(21-15)24-11-9-23(10-12-24)17-6-4-3-5-16(17)20/h3-6,13-14H,7-12H2,1-2H3,(H,21,22,25). The lowest BCUT2D eigenvalue weighted by atomic mass is 10.1. The zero-order valence-electron chi connectivity index (χ0n) is 14.8. The first-order chi connectivity index (χ1) is 12.0. The molecule has 0 saturated carbocycles. The highest BCUT2D eigenvalue weighted by atomic mass is 19.1. The molecule has 3 rings (SSSR count). The highest BCUT2D eigenvalue weighted by Crippen LogP contribution is 2.21. The highest BCUT2D eigenvalue weighted by Gasteiger charge is 2.21. The molecule has 1 aromatic carbocycles. The van der Waals surface area contributed by atoms with Gasteiger partial charge in [-0.2, -0.15) is 0 Å². The first-order valence-electron chi connectivity index (χ1n) is 8.87. The average Bonchev–Trinajstić information content (AvgIpc) is 2.60. The van der Waals surface area contributed by atoms with Crippen molar-refractivity contribution in [3.8, 4) is 0 Å². The Morgan fingerprint density at radius 3 is 2.52 bits per heavy atom. The van der Waals surface area contributed by atoms with Gasteiger partial charge in [0.1, 0.15) is 5.82 Å². The van der Waals surface area contributed by atoms with E-state index in [9.17, 15) is 9.18 Å². The number of hydrogen-bond donors (Lipinski definition) is 1. The fourth-order valence-electron chi connectivity index (χ4n) is 3.08. The van der Waals surface area contributed by atoms with Gasteiger partial charge in [-0.25, -0.2) is 9.37 Å². The number of aromatic nitrogens is 2. The number of nitrogens with zero attached hydrogens (tertiary/aromatic N) is 3. The Morgan fingerprint density at radius 1 is 1.16 bits per heavy atom. The Labute approximate surface area is 147 Å². The molecule has 0 spiro atoms. The molecule has 0 bridgehead atoms. The Kier molecular flexibility index (Phi) is 5.36. The van der Waals surface area contributed by atoms with Crippen LogP contribution in [-0.2, 0) is 6.42 Å². The van der Waals surface area contributed by atoms with E-state index < -0.39 is 0 Å². The summed E-state index contributed by atoms with van der Waals surface area (Å²) in [5, 5.41) is 0. The number of piperazine rings is 1. The second-order valence-electron chi connectivity index (χ2n) is 6.92. The fourth-order valence-corrected chi connectivity index (χ4v) is 3.08. The third-order valence-electron chi connectivity index (χ3n) is 4.53. The highest BCUT2D eigenvalue weighted by molar-refractivity contribution is 5.49. The maximum atomic E-state index is 13.9. The largest absolute Gasteiger partial charge is 0.366 e. The zero-order chi connectivity index (χ0) is 17.8. The van der Waals surface area contributed by atoms with E-state index in [1.807, 2.05) is 11.0 Å². The fraction of sp³-hybridized carbons (Fsp3) is 0.474. The Balaban J connectivity index is 1.68. The molecular formula is C19H25FN4O. The number of benzene rings is 1. The molecular weight excluding hydrogens is 319 g/mol. The Morgan fingerprint density at radius 2 is 1.84 bits per heavy atom. The lowest BCUT2D eigenvalue weighted by Crippen LogP contribution is -2.47. The van der Waals surface area contributed by atoms with Crippen molar-refractivity contribution in [3.63, 3.8) is 0 Å². The average molecular weight is 344 g/mol. The van der Waals surface area contributed by atoms with Crippen molar-refractivity contribution in [2.45, 2.75) is 26.7 Å². The predicted molar refractivity (Wildman–Crippen MR) is 98.8 cm³/mol. The van der Waals surface area contributed by atoms with Crippen LogP contribution in [0.25, 0.3) is 0 Å². The third-order valence-corrected chi connectivity index (χ3v) is 4.53. The molecule has 1 saturated heterocycles. The number of nitrogens with one attached hydrogen (secondary N) is 1. The van der Waals surface area contributed by atoms with Crippen molar-refractivity contribution < 1.29 is 4.39 Å². The van der Waals surface area contributed by atoms with E-state index in [0.717, 1.165) is 18.5 Å². The van der Waals surface area contributed by atoms with Crippen LogP contribution in [0.1, 0.15) is 26.0 Å². The summed E-state index contributed by atoms with van der Waals surface area (Å²) in [6.45, 7) is 7.11. The molecule has 1 N–H and O–H groups in total. The van der Waals surface area contributed by atoms with Crippen LogP contribution < -0.4 is 15.4 Å². The molecule has 1 aromatic heterocycles. The van der Waals surface area contributed by atoms with Crippen molar-refractivity contribution in [2.75, 3.05) is 36.0 Å². The van der Waals surface area contributed by atoms with Crippen LogP contribution in [-0.4, -0.2) is 36.1 Å². The van der Waals surface area contributed by atoms with E-state index in [1.54, 1.807) is 18.2 Å². The molecule has 0 aliphatic carbocycles. The summed E-state index contributed by atoms with van der Waals surface area (Å²) >= 11 is 0. The summed E-state index contributed by atoms with van der Waals surface area (Å²) in [5.74, 6) is 1.01. The monoisotopic (exact) mass is 344 g/mol. The maximum absolute atomic E-state index is 13.9. The molecule has 0 radical (unpaired) electrons. The molecule has 2 heterocycles. The predicted octanol–water partition coefficient (Wildman–Crippen LogP) is 2.82. The van der Waals surface area contributed by atoms with Gasteiger partial charge in [-0.15, -0.1) is 0 Å². The smallest absolute Gasteiger partial charge is 0.252 e. The van der Waals surface area contributed by atoms with Crippen LogP contribution in [0.2, 0.25) is 0 Å². The molecule has 25 heavy (non-hydrogen) atoms. The summed E-state index contributed by atoms with van der Waals surface area (Å²) in [7, 11) is 0. The first-order valence-corrected chi connectivity index (χ1v) is 8.87. The lowest BCUT2D eigenvalue weighted by Gasteiger charge is -2.36. The Bertz CT molecular complexity index is 766. The van der Waals surface area contributed by atoms with Gasteiger partial charge in [-0.1, -0.05) is 26.0 Å². The van der Waals surface area contributed by atoms with Gasteiger partial charge in [0.15, 0.2) is 0 Å². The van der Waals surface area contributed by atoms with E-state index in [1.165, 1.54) is 6.07 Å². The Hall–Kier alpha value is -2.37. The molecule has 1 fully saturated rings. The topological polar surface area (TPSA) is 52.2 Å². The summed E-state index contributed by atoms with van der Waals surface area (Å²) in [4.78, 5) is 23.5. The molecule has 5 nitrogen and oxygen atoms in total. The van der Waals surface area contributed by atoms with Gasteiger partial charge in [-0.05, 0) is 30.9 Å². The zero-order valence-corrected chi connectivity index (χ0v) is 14.8. The maximum Gasteiger partial charge on any atom is 0.252 e. The van der Waals surface area contributed by atoms with E-state index in [0.29, 0.717) is 43.7 Å². The number of para-hydroxylation sites is 1. The summed E-state index contributed by atoms with van der Waals surface area (Å²) in [6, 6.07) is 8.42. The number of rotatable bonds is 5. The van der Waals surface area contributed by atoms with Gasteiger partial charge < -0.3 is 9.80 Å². The van der Waals surface area contributed by atoms with Gasteiger partial charge in [-0.3, -0.25) is 9.78 Å². The van der Waals surface area contributed by atoms with Crippen LogP contribution in [0.3, 0.4) is 0 Å². The number of anilines is 2. The number of H-pyrrole nitrogens is 1. The van der Waals surface area contributed by atoms with E-state index in [-0.39, 0.29) is 11.4 Å². The van der Waals surface area contributed by atoms with Gasteiger partial charge in [0.05, 0.1) is 5.69 Å². The number of aromatic amines is 1. The molecule has 6 heteroatoms. The third kappa shape index (κ3) is 4.38. The van der Waals surface area contributed by atoms with E-state index >= 15 is 0 Å². The normalized spacial score (nSPS) is 15.0. The minimum absolute atomic E-state index is 0.111. The number of aryl methyl sites for hydroxylation is 1. The van der Waals surface area contributed by atoms with Crippen molar-refractivity contribution in [2.24, 2.45) is 5.92 Å². The SMILES string of the molecule is CC(C)CCc1cc(=O)[nH]c(N2CCN(c3ccccc3F)CC2)n1. The quantitative estimate of drug-likeness (QED) is 0.906. The number of hydrogen-bond acceptors (Lipinski definition) is 4. The summed E-state index contributed by atoms with van der Waals surface area (Å²) in [5.41, 5.74) is 1.36. The van der Waals surface area contributed by atoms with Crippen LogP contribution in [0, 0.1) is 11.7 Å². The van der Waals surface area contributed by atoms with Gasteiger partial charge in [0, 0.05) is 37.9 Å². The minimum Gasteiger partial charge on any atom is -0.366 e. The molecule has 1 aliphatic heterocycles. The van der Waals surface area contributed by atoms with Crippen molar-refractivity contribution >= 4 is 11.6 Å². The molecule has 0 unspecified atom stereocenters. The molecule has 0 atom stereocenters. The second kappa shape index (κ2) is 7.68. The van der Waals surface area contributed by atoms with Gasteiger partial charge in [0.25, 0.3) is 5.56 Å². The second-order valence-corrected chi connectivity index (χ2v) is 6.92. The van der Waals surface area contributed by atoms with Crippen LogP contribution in [0.15, 0.2) is 35.1 Å². The first kappa shape index (κ1) is 17.5. The lowest BCUT2D eigenvalue weighted by molar-refractivity contribution is 0.576. The number of halogens is 1. The summed E-state index contributed by atoms with van der Waals surface area (Å²) < 4.78 is 13.9. The van der Waals surface area contributed by atoms with Gasteiger partial charge in [0.2, 0.25) is 5.95 Å². The van der Waals surface area contributed by atoms with Crippen LogP contribution in [0.4, 0.5) is 16.0 Å². The molecule has 2 aromatic rings. The minimum atomic E-state index is -0.196. The molecule has 0 amide bonds. The van der Waals surface area contributed by atoms with Crippen molar-refractivity contribution in [3.05, 3.63) is 52.2 Å². The molecule has 134 valence electrons. The summed E-state index contributed by atoms with van der Waals surface area (Å²) in [6.07, 6.45) is 1.82. The van der Waals surface area contributed by atoms with Crippen LogP contribution in [0.5, 0.6) is 0 Å². The van der Waals surface area contributed by atoms with E-state index in [4.69, 9.17) is 0 Å². The van der Waals surface area contributed by atoms with Gasteiger partial charge >= 0.3 is 0 Å².